The number of nitrogens with one attached hydrogen (secondary N) is 2. The van der Waals surface area contributed by atoms with Crippen LogP contribution in [0, 0.1) is 5.92 Å². The highest BCUT2D eigenvalue weighted by Gasteiger charge is 2.27. The minimum absolute atomic E-state index is 0.453. The van der Waals surface area contributed by atoms with Gasteiger partial charge in [0.15, 0.2) is 0 Å². The second-order valence-electron chi connectivity index (χ2n) is 4.52. The number of alkyl halides is 3. The van der Waals surface area contributed by atoms with Gasteiger partial charge in [-0.2, -0.15) is 13.2 Å². The van der Waals surface area contributed by atoms with Crippen molar-refractivity contribution in [3.8, 4) is 0 Å². The fraction of sp³-hybridized carbons (Fsp3) is 0.909. The molecule has 0 aromatic carbocycles. The maximum Gasteiger partial charge on any atom is 0.405 e. The molecule has 0 aliphatic heterocycles. The average Bonchev–Trinajstić information content (AvgIpc) is 2.27. The molecular formula is C11H19F3N2O. The average molecular weight is 252 g/mol. The molecule has 0 radical (unpaired) electrons. The summed E-state index contributed by atoms with van der Waals surface area (Å²) in [5, 5.41) is 4.24. The van der Waals surface area contributed by atoms with Crippen LogP contribution in [0.3, 0.4) is 0 Å². The van der Waals surface area contributed by atoms with E-state index in [1.807, 2.05) is 0 Å². The Labute approximate surface area is 99.1 Å². The zero-order chi connectivity index (χ0) is 12.7. The van der Waals surface area contributed by atoms with E-state index in [1.165, 1.54) is 32.1 Å². The number of hydrogen-bond donors (Lipinski definition) is 2. The van der Waals surface area contributed by atoms with Gasteiger partial charge in [-0.1, -0.05) is 32.1 Å². The number of carbonyl (C=O) groups is 1. The molecule has 2 amide bonds. The third-order valence-electron chi connectivity index (χ3n) is 3.01. The van der Waals surface area contributed by atoms with E-state index in [-0.39, 0.29) is 0 Å². The lowest BCUT2D eigenvalue weighted by atomic mass is 9.87. The number of hydrogen-bond acceptors (Lipinski definition) is 1. The SMILES string of the molecule is O=C(NCCC1CCCCC1)NCC(F)(F)F. The van der Waals surface area contributed by atoms with Crippen molar-refractivity contribution in [3.05, 3.63) is 0 Å². The van der Waals surface area contributed by atoms with E-state index in [0.29, 0.717) is 12.5 Å². The van der Waals surface area contributed by atoms with Crippen LogP contribution in [0.25, 0.3) is 0 Å². The first-order valence-corrected chi connectivity index (χ1v) is 6.06. The smallest absolute Gasteiger partial charge is 0.338 e. The predicted octanol–water partition coefficient (Wildman–Crippen LogP) is 2.82. The van der Waals surface area contributed by atoms with Gasteiger partial charge < -0.3 is 10.6 Å². The van der Waals surface area contributed by atoms with Crippen LogP contribution in [0.1, 0.15) is 38.5 Å². The normalized spacial score (nSPS) is 17.8. The lowest BCUT2D eigenvalue weighted by Gasteiger charge is -2.21. The van der Waals surface area contributed by atoms with Gasteiger partial charge in [0.1, 0.15) is 6.54 Å². The summed E-state index contributed by atoms with van der Waals surface area (Å²) in [4.78, 5) is 11.0. The van der Waals surface area contributed by atoms with E-state index in [9.17, 15) is 18.0 Å². The lowest BCUT2D eigenvalue weighted by molar-refractivity contribution is -0.122. The van der Waals surface area contributed by atoms with Gasteiger partial charge in [-0.25, -0.2) is 4.79 Å². The van der Waals surface area contributed by atoms with Gasteiger partial charge in [-0.15, -0.1) is 0 Å². The van der Waals surface area contributed by atoms with Crippen molar-refractivity contribution in [3.63, 3.8) is 0 Å². The summed E-state index contributed by atoms with van der Waals surface area (Å²) in [6.07, 6.45) is 2.59. The Morgan fingerprint density at radius 1 is 1.12 bits per heavy atom. The third kappa shape index (κ3) is 7.07. The Bertz CT molecular complexity index is 237. The molecule has 0 aromatic heterocycles. The first-order chi connectivity index (χ1) is 7.97. The maximum absolute atomic E-state index is 11.8. The van der Waals surface area contributed by atoms with Crippen molar-refractivity contribution < 1.29 is 18.0 Å². The van der Waals surface area contributed by atoms with Crippen molar-refractivity contribution in [2.24, 2.45) is 5.92 Å². The predicted molar refractivity (Wildman–Crippen MR) is 58.6 cm³/mol. The lowest BCUT2D eigenvalue weighted by Crippen LogP contribution is -2.41. The van der Waals surface area contributed by atoms with Gasteiger partial charge in [-0.3, -0.25) is 0 Å². The van der Waals surface area contributed by atoms with Gasteiger partial charge in [0.05, 0.1) is 0 Å². The topological polar surface area (TPSA) is 41.1 Å². The van der Waals surface area contributed by atoms with Gasteiger partial charge in [0, 0.05) is 6.54 Å². The minimum atomic E-state index is -4.35. The van der Waals surface area contributed by atoms with Crippen LogP contribution in [0.4, 0.5) is 18.0 Å². The highest BCUT2D eigenvalue weighted by molar-refractivity contribution is 5.73. The van der Waals surface area contributed by atoms with Crippen LogP contribution >= 0.6 is 0 Å². The van der Waals surface area contributed by atoms with E-state index < -0.39 is 18.8 Å². The van der Waals surface area contributed by atoms with E-state index in [4.69, 9.17) is 0 Å². The van der Waals surface area contributed by atoms with Gasteiger partial charge in [-0.05, 0) is 12.3 Å². The molecule has 17 heavy (non-hydrogen) atoms. The molecule has 100 valence electrons. The molecule has 0 saturated heterocycles. The molecule has 6 heteroatoms. The molecule has 1 rings (SSSR count). The van der Waals surface area contributed by atoms with Crippen LogP contribution in [-0.2, 0) is 0 Å². The molecule has 0 spiro atoms. The Morgan fingerprint density at radius 3 is 2.35 bits per heavy atom. The number of carbonyl (C=O) groups excluding carboxylic acids is 1. The van der Waals surface area contributed by atoms with Crippen LogP contribution in [-0.4, -0.2) is 25.3 Å². The fourth-order valence-corrected chi connectivity index (χ4v) is 2.11. The maximum atomic E-state index is 11.8. The minimum Gasteiger partial charge on any atom is -0.338 e. The summed E-state index contributed by atoms with van der Waals surface area (Å²) in [6, 6.07) is -0.738. The van der Waals surface area contributed by atoms with E-state index >= 15 is 0 Å². The second kappa shape index (κ2) is 6.71. The molecular weight excluding hydrogens is 233 g/mol. The Morgan fingerprint density at radius 2 is 1.76 bits per heavy atom. The number of amides is 2. The summed E-state index contributed by atoms with van der Waals surface area (Å²) in [5.74, 6) is 0.617. The molecule has 1 saturated carbocycles. The van der Waals surface area contributed by atoms with Crippen LogP contribution in [0.5, 0.6) is 0 Å². The Balaban J connectivity index is 2.03. The molecule has 2 N–H and O–H groups in total. The van der Waals surface area contributed by atoms with Crippen molar-refractivity contribution in [1.82, 2.24) is 10.6 Å². The summed E-state index contributed by atoms with van der Waals surface area (Å²) >= 11 is 0. The Kier molecular flexibility index (Phi) is 5.58. The fourth-order valence-electron chi connectivity index (χ4n) is 2.11. The molecule has 1 fully saturated rings. The summed E-state index contributed by atoms with van der Waals surface area (Å²) in [7, 11) is 0. The molecule has 0 unspecified atom stereocenters. The first-order valence-electron chi connectivity index (χ1n) is 6.06. The number of halogens is 3. The quantitative estimate of drug-likeness (QED) is 0.793. The number of urea groups is 1. The van der Waals surface area contributed by atoms with Crippen LogP contribution < -0.4 is 10.6 Å². The first kappa shape index (κ1) is 14.1. The van der Waals surface area contributed by atoms with Crippen molar-refractivity contribution in [2.45, 2.75) is 44.7 Å². The highest BCUT2D eigenvalue weighted by atomic mass is 19.4. The van der Waals surface area contributed by atoms with Gasteiger partial charge >= 0.3 is 12.2 Å². The molecule has 0 aromatic rings. The number of rotatable bonds is 4. The summed E-state index contributed by atoms with van der Waals surface area (Å²) in [5.41, 5.74) is 0. The molecule has 0 bridgehead atoms. The third-order valence-corrected chi connectivity index (χ3v) is 3.01. The van der Waals surface area contributed by atoms with Crippen molar-refractivity contribution >= 4 is 6.03 Å². The van der Waals surface area contributed by atoms with Crippen molar-refractivity contribution in [2.75, 3.05) is 13.1 Å². The van der Waals surface area contributed by atoms with Gasteiger partial charge in [0.2, 0.25) is 0 Å². The highest BCUT2D eigenvalue weighted by Crippen LogP contribution is 2.25. The van der Waals surface area contributed by atoms with Crippen LogP contribution in [0.15, 0.2) is 0 Å². The van der Waals surface area contributed by atoms with E-state index in [1.54, 1.807) is 5.32 Å². The molecule has 1 aliphatic rings. The largest absolute Gasteiger partial charge is 0.405 e. The Hall–Kier alpha value is -0.940. The molecule has 0 atom stereocenters. The molecule has 3 nitrogen and oxygen atoms in total. The molecule has 0 heterocycles. The monoisotopic (exact) mass is 252 g/mol. The van der Waals surface area contributed by atoms with Crippen LogP contribution in [0.2, 0.25) is 0 Å². The van der Waals surface area contributed by atoms with Crippen molar-refractivity contribution in [1.29, 1.82) is 0 Å². The molecule has 1 aliphatic carbocycles. The zero-order valence-corrected chi connectivity index (χ0v) is 9.78. The van der Waals surface area contributed by atoms with Gasteiger partial charge in [0.25, 0.3) is 0 Å². The van der Waals surface area contributed by atoms with E-state index in [2.05, 4.69) is 5.32 Å². The summed E-state index contributed by atoms with van der Waals surface area (Å²) in [6.45, 7) is -0.823. The zero-order valence-electron chi connectivity index (χ0n) is 9.78. The summed E-state index contributed by atoms with van der Waals surface area (Å²) < 4.78 is 35.4. The standard InChI is InChI=1S/C11H19F3N2O/c12-11(13,14)8-16-10(17)15-7-6-9-4-2-1-3-5-9/h9H,1-8H2,(H2,15,16,17). The van der Waals surface area contributed by atoms with E-state index in [0.717, 1.165) is 6.42 Å². The second-order valence-corrected chi connectivity index (χ2v) is 4.52.